The summed E-state index contributed by atoms with van der Waals surface area (Å²) in [5.74, 6) is -0.614. The molecule has 1 aromatic carbocycles. The number of hydrogen-bond donors (Lipinski definition) is 2. The lowest BCUT2D eigenvalue weighted by molar-refractivity contribution is 0.129. The largest absolute Gasteiger partial charge is 0.491 e. The molecular weight excluding hydrogens is 276 g/mol. The number of nitrogens with zero attached hydrogens (tertiary/aromatic N) is 1. The fourth-order valence-corrected chi connectivity index (χ4v) is 2.07. The molecule has 0 bridgehead atoms. The minimum Gasteiger partial charge on any atom is -0.423 e. The summed E-state index contributed by atoms with van der Waals surface area (Å²) in [6.07, 6.45) is 0.886. The maximum atomic E-state index is 13.4. The molecule has 0 amide bonds. The Labute approximate surface area is 125 Å². The molecule has 0 spiro atoms. The molecule has 0 aliphatic carbocycles. The van der Waals surface area contributed by atoms with Gasteiger partial charge >= 0.3 is 7.12 Å². The lowest BCUT2D eigenvalue weighted by Crippen LogP contribution is -2.34. The predicted octanol–water partition coefficient (Wildman–Crippen LogP) is -0.00960. The summed E-state index contributed by atoms with van der Waals surface area (Å²) in [6, 6.07) is 4.39. The van der Waals surface area contributed by atoms with Crippen molar-refractivity contribution in [3.8, 4) is 0 Å². The minimum atomic E-state index is -1.80. The zero-order valence-electron chi connectivity index (χ0n) is 12.6. The van der Waals surface area contributed by atoms with Crippen molar-refractivity contribution >= 4 is 12.6 Å². The molecule has 118 valence electrons. The zero-order chi connectivity index (χ0) is 15.7. The Hall–Kier alpha value is -0.985. The van der Waals surface area contributed by atoms with Gasteiger partial charge in [0.1, 0.15) is 5.82 Å². The Bertz CT molecular complexity index is 420. The average Bonchev–Trinajstić information content (AvgIpc) is 2.46. The maximum absolute atomic E-state index is 13.4. The van der Waals surface area contributed by atoms with Gasteiger partial charge in [-0.05, 0) is 18.1 Å². The summed E-state index contributed by atoms with van der Waals surface area (Å²) >= 11 is 0. The topological polar surface area (TPSA) is 62.2 Å². The second-order valence-electron chi connectivity index (χ2n) is 4.84. The normalized spacial score (nSPS) is 11.1. The average molecular weight is 299 g/mol. The monoisotopic (exact) mass is 299 g/mol. The molecule has 1 aromatic rings. The fraction of sp³-hybridized carbons (Fsp3) is 0.571. The molecule has 0 heterocycles. The first-order chi connectivity index (χ1) is 10.1. The van der Waals surface area contributed by atoms with Crippen LogP contribution in [0.25, 0.3) is 0 Å². The van der Waals surface area contributed by atoms with E-state index in [1.54, 1.807) is 20.3 Å². The van der Waals surface area contributed by atoms with Crippen molar-refractivity contribution in [3.05, 3.63) is 29.6 Å². The SMILES string of the molecule is COCCCN(CCOC)Cc1ccc(F)c(B(O)O)c1. The molecule has 0 aliphatic heterocycles. The number of methoxy groups -OCH3 is 2. The summed E-state index contributed by atoms with van der Waals surface area (Å²) in [7, 11) is 1.51. The van der Waals surface area contributed by atoms with Crippen LogP contribution < -0.4 is 5.46 Å². The van der Waals surface area contributed by atoms with Gasteiger partial charge in [-0.25, -0.2) is 4.39 Å². The van der Waals surface area contributed by atoms with Crippen LogP contribution in [-0.2, 0) is 16.0 Å². The summed E-state index contributed by atoms with van der Waals surface area (Å²) in [5.41, 5.74) is 0.726. The van der Waals surface area contributed by atoms with Gasteiger partial charge in [-0.15, -0.1) is 0 Å². The van der Waals surface area contributed by atoms with Crippen molar-refractivity contribution in [2.24, 2.45) is 0 Å². The third kappa shape index (κ3) is 6.54. The van der Waals surface area contributed by atoms with Crippen LogP contribution >= 0.6 is 0 Å². The van der Waals surface area contributed by atoms with E-state index in [-0.39, 0.29) is 5.46 Å². The van der Waals surface area contributed by atoms with E-state index in [0.717, 1.165) is 25.1 Å². The van der Waals surface area contributed by atoms with Gasteiger partial charge in [-0.3, -0.25) is 4.90 Å². The third-order valence-corrected chi connectivity index (χ3v) is 3.18. The van der Waals surface area contributed by atoms with Crippen molar-refractivity contribution in [1.82, 2.24) is 4.90 Å². The predicted molar refractivity (Wildman–Crippen MR) is 79.9 cm³/mol. The van der Waals surface area contributed by atoms with E-state index < -0.39 is 12.9 Å². The molecule has 1 rings (SSSR count). The van der Waals surface area contributed by atoms with Gasteiger partial charge in [0, 0.05) is 45.9 Å². The lowest BCUT2D eigenvalue weighted by atomic mass is 9.79. The highest BCUT2D eigenvalue weighted by Gasteiger charge is 2.17. The molecule has 0 saturated heterocycles. The van der Waals surface area contributed by atoms with Gasteiger partial charge in [0.15, 0.2) is 0 Å². The van der Waals surface area contributed by atoms with Gasteiger partial charge in [0.25, 0.3) is 0 Å². The van der Waals surface area contributed by atoms with E-state index in [2.05, 4.69) is 4.90 Å². The van der Waals surface area contributed by atoms with Crippen LogP contribution in [0.3, 0.4) is 0 Å². The molecular formula is C14H23BFNO4. The molecule has 0 unspecified atom stereocenters. The second-order valence-corrected chi connectivity index (χ2v) is 4.84. The van der Waals surface area contributed by atoms with Crippen molar-refractivity contribution < 1.29 is 23.9 Å². The molecule has 0 fully saturated rings. The van der Waals surface area contributed by atoms with Crippen molar-refractivity contribution in [1.29, 1.82) is 0 Å². The molecule has 0 aromatic heterocycles. The Balaban J connectivity index is 2.69. The van der Waals surface area contributed by atoms with Gasteiger partial charge < -0.3 is 19.5 Å². The molecule has 0 saturated carbocycles. The van der Waals surface area contributed by atoms with E-state index in [4.69, 9.17) is 19.5 Å². The Morgan fingerprint density at radius 2 is 1.86 bits per heavy atom. The fourth-order valence-electron chi connectivity index (χ4n) is 2.07. The highest BCUT2D eigenvalue weighted by atomic mass is 19.1. The summed E-state index contributed by atoms with van der Waals surface area (Å²) in [6.45, 7) is 3.43. The van der Waals surface area contributed by atoms with Crippen LogP contribution in [0.2, 0.25) is 0 Å². The van der Waals surface area contributed by atoms with Crippen LogP contribution in [0.15, 0.2) is 18.2 Å². The van der Waals surface area contributed by atoms with Gasteiger partial charge in [-0.1, -0.05) is 12.1 Å². The Morgan fingerprint density at radius 1 is 1.14 bits per heavy atom. The first-order valence-electron chi connectivity index (χ1n) is 6.93. The van der Waals surface area contributed by atoms with Crippen molar-refractivity contribution in [2.45, 2.75) is 13.0 Å². The molecule has 2 N–H and O–H groups in total. The van der Waals surface area contributed by atoms with E-state index >= 15 is 0 Å². The second kappa shape index (κ2) is 9.86. The Kier molecular flexibility index (Phi) is 8.48. The quantitative estimate of drug-likeness (QED) is 0.470. The standard InChI is InChI=1S/C14H23BFNO4/c1-20-8-3-6-17(7-9-21-2)11-12-4-5-14(16)13(10-12)15(18)19/h4-5,10,18-19H,3,6-9,11H2,1-2H3. The van der Waals surface area contributed by atoms with Gasteiger partial charge in [0.05, 0.1) is 6.61 Å². The lowest BCUT2D eigenvalue weighted by Gasteiger charge is -2.22. The van der Waals surface area contributed by atoms with E-state index in [9.17, 15) is 4.39 Å². The van der Waals surface area contributed by atoms with E-state index in [1.807, 2.05) is 0 Å². The van der Waals surface area contributed by atoms with E-state index in [1.165, 1.54) is 12.1 Å². The summed E-state index contributed by atoms with van der Waals surface area (Å²) in [5, 5.41) is 18.3. The number of ether oxygens (including phenoxy) is 2. The summed E-state index contributed by atoms with van der Waals surface area (Å²) < 4.78 is 23.6. The molecule has 0 aliphatic rings. The highest BCUT2D eigenvalue weighted by molar-refractivity contribution is 6.58. The van der Waals surface area contributed by atoms with Crippen LogP contribution in [0.5, 0.6) is 0 Å². The minimum absolute atomic E-state index is 0.101. The number of halogens is 1. The maximum Gasteiger partial charge on any atom is 0.491 e. The molecule has 0 radical (unpaired) electrons. The first-order valence-corrected chi connectivity index (χ1v) is 6.93. The Morgan fingerprint density at radius 3 is 2.48 bits per heavy atom. The molecule has 0 atom stereocenters. The van der Waals surface area contributed by atoms with Crippen molar-refractivity contribution in [2.75, 3.05) is 40.5 Å². The van der Waals surface area contributed by atoms with Gasteiger partial charge in [0.2, 0.25) is 0 Å². The third-order valence-electron chi connectivity index (χ3n) is 3.18. The first kappa shape index (κ1) is 18.1. The summed E-state index contributed by atoms with van der Waals surface area (Å²) in [4.78, 5) is 2.16. The number of benzene rings is 1. The van der Waals surface area contributed by atoms with Crippen LogP contribution in [0, 0.1) is 5.82 Å². The van der Waals surface area contributed by atoms with Crippen LogP contribution in [0.1, 0.15) is 12.0 Å². The molecule has 7 heteroatoms. The number of hydrogen-bond acceptors (Lipinski definition) is 5. The smallest absolute Gasteiger partial charge is 0.423 e. The van der Waals surface area contributed by atoms with E-state index in [0.29, 0.717) is 19.8 Å². The molecule has 21 heavy (non-hydrogen) atoms. The van der Waals surface area contributed by atoms with Crippen LogP contribution in [-0.4, -0.2) is 62.6 Å². The van der Waals surface area contributed by atoms with Crippen molar-refractivity contribution in [3.63, 3.8) is 0 Å². The zero-order valence-corrected chi connectivity index (χ0v) is 12.6. The highest BCUT2D eigenvalue weighted by Crippen LogP contribution is 2.07. The van der Waals surface area contributed by atoms with Crippen LogP contribution in [0.4, 0.5) is 4.39 Å². The molecule has 5 nitrogen and oxygen atoms in total. The van der Waals surface area contributed by atoms with Gasteiger partial charge in [-0.2, -0.15) is 0 Å². The number of rotatable bonds is 10.